The molecular weight excluding hydrogens is 559 g/mol. The number of fused-ring (bicyclic) bond motifs is 2. The number of nitrogens with one attached hydrogen (secondary N) is 1. The highest BCUT2D eigenvalue weighted by Gasteiger charge is 2.26. The van der Waals surface area contributed by atoms with Crippen molar-refractivity contribution in [1.82, 2.24) is 4.98 Å². The number of hydrogen-bond acceptors (Lipinski definition) is 5. The van der Waals surface area contributed by atoms with E-state index in [0.29, 0.717) is 11.3 Å². The Bertz CT molecular complexity index is 1400. The molecule has 5 nitrogen and oxygen atoms in total. The molecule has 0 unspecified atom stereocenters. The van der Waals surface area contributed by atoms with Gasteiger partial charge in [0, 0.05) is 19.5 Å². The molecule has 0 saturated heterocycles. The molecule has 34 heavy (non-hydrogen) atoms. The average molecular weight is 580 g/mol. The lowest BCUT2D eigenvalue weighted by Gasteiger charge is -2.22. The van der Waals surface area contributed by atoms with Gasteiger partial charge < -0.3 is 10.1 Å². The summed E-state index contributed by atoms with van der Waals surface area (Å²) in [7, 11) is 0. The Hall–Kier alpha value is -3.04. The van der Waals surface area contributed by atoms with Gasteiger partial charge in [-0.1, -0.05) is 24.3 Å². The molecule has 170 valence electrons. The second-order valence-corrected chi connectivity index (χ2v) is 10.2. The first-order valence-electron chi connectivity index (χ1n) is 11.0. The third-order valence-corrected chi connectivity index (χ3v) is 7.23. The lowest BCUT2D eigenvalue weighted by molar-refractivity contribution is -0.119. The number of para-hydroxylation sites is 1. The van der Waals surface area contributed by atoms with Gasteiger partial charge in [0.15, 0.2) is 6.61 Å². The summed E-state index contributed by atoms with van der Waals surface area (Å²) in [5.41, 5.74) is 4.80. The fraction of sp³-hybridized carbons (Fsp3) is 0.148. The van der Waals surface area contributed by atoms with Crippen LogP contribution in [0.3, 0.4) is 0 Å². The maximum atomic E-state index is 13.3. The van der Waals surface area contributed by atoms with Gasteiger partial charge in [0.2, 0.25) is 0 Å². The van der Waals surface area contributed by atoms with Crippen LogP contribution in [0.2, 0.25) is 0 Å². The van der Waals surface area contributed by atoms with Gasteiger partial charge in [0.1, 0.15) is 0 Å². The van der Waals surface area contributed by atoms with Gasteiger partial charge in [0.05, 0.1) is 16.8 Å². The van der Waals surface area contributed by atoms with E-state index >= 15 is 0 Å². The monoisotopic (exact) mass is 580 g/mol. The Morgan fingerprint density at radius 2 is 1.88 bits per heavy atom. The van der Waals surface area contributed by atoms with Crippen molar-refractivity contribution in [2.75, 3.05) is 11.9 Å². The summed E-state index contributed by atoms with van der Waals surface area (Å²) in [5.74, 6) is -0.870. The van der Waals surface area contributed by atoms with E-state index in [-0.39, 0.29) is 12.5 Å². The number of aromatic nitrogens is 1. The summed E-state index contributed by atoms with van der Waals surface area (Å²) < 4.78 is 6.58. The van der Waals surface area contributed by atoms with Crippen LogP contribution in [0.25, 0.3) is 22.6 Å². The summed E-state index contributed by atoms with van der Waals surface area (Å²) in [6, 6.07) is 19.1. The van der Waals surface area contributed by atoms with Crippen LogP contribution in [0.1, 0.15) is 39.3 Å². The number of carbonyl (C=O) groups is 2. The van der Waals surface area contributed by atoms with E-state index < -0.39 is 5.97 Å². The van der Waals surface area contributed by atoms with Crippen molar-refractivity contribution in [3.05, 3.63) is 91.3 Å². The first-order valence-corrected chi connectivity index (χ1v) is 12.9. The molecule has 0 fully saturated rings. The van der Waals surface area contributed by atoms with Crippen molar-refractivity contribution in [3.63, 3.8) is 0 Å². The fourth-order valence-electron chi connectivity index (χ4n) is 4.19. The minimum atomic E-state index is -0.495. The molecule has 2 aromatic carbocycles. The van der Waals surface area contributed by atoms with Gasteiger partial charge in [-0.3, -0.25) is 4.79 Å². The maximum Gasteiger partial charge on any atom is 0.339 e. The lowest BCUT2D eigenvalue weighted by atomic mass is 9.86. The zero-order valence-electron chi connectivity index (χ0n) is 18.2. The first-order chi connectivity index (χ1) is 16.6. The summed E-state index contributed by atoms with van der Waals surface area (Å²) in [6.45, 7) is -0.353. The maximum absolute atomic E-state index is 13.3. The number of carbonyl (C=O) groups excluding carboxylic acids is 2. The molecule has 0 bridgehead atoms. The van der Waals surface area contributed by atoms with Gasteiger partial charge in [-0.05, 0) is 101 Å². The number of rotatable bonds is 5. The molecule has 1 amide bonds. The number of anilines is 1. The topological polar surface area (TPSA) is 68.3 Å². The molecule has 0 spiro atoms. The predicted molar refractivity (Wildman–Crippen MR) is 145 cm³/mol. The van der Waals surface area contributed by atoms with E-state index in [4.69, 9.17) is 9.72 Å². The molecule has 0 atom stereocenters. The third-order valence-electron chi connectivity index (χ3n) is 5.70. The highest BCUT2D eigenvalue weighted by molar-refractivity contribution is 14.1. The van der Waals surface area contributed by atoms with E-state index in [1.807, 2.05) is 60.0 Å². The van der Waals surface area contributed by atoms with E-state index in [0.717, 1.165) is 55.4 Å². The number of amides is 1. The molecule has 1 aliphatic rings. The third kappa shape index (κ3) is 4.90. The van der Waals surface area contributed by atoms with Crippen LogP contribution in [0.5, 0.6) is 0 Å². The number of ether oxygens (including phenoxy) is 1. The molecule has 4 aromatic rings. The zero-order valence-corrected chi connectivity index (χ0v) is 21.2. The van der Waals surface area contributed by atoms with Crippen LogP contribution < -0.4 is 5.32 Å². The van der Waals surface area contributed by atoms with E-state index in [1.165, 1.54) is 0 Å². The Morgan fingerprint density at radius 1 is 1.06 bits per heavy atom. The highest BCUT2D eigenvalue weighted by Crippen LogP contribution is 2.36. The number of hydrogen-bond donors (Lipinski definition) is 1. The molecular formula is C27H21IN2O3S. The largest absolute Gasteiger partial charge is 0.452 e. The van der Waals surface area contributed by atoms with Crippen LogP contribution >= 0.6 is 33.9 Å². The summed E-state index contributed by atoms with van der Waals surface area (Å²) in [4.78, 5) is 31.8. The molecule has 1 aliphatic carbocycles. The molecule has 5 rings (SSSR count). The standard InChI is InChI=1S/C27H21IN2O3S/c28-18-10-12-19(13-11-18)29-24(31)16-33-27(32)25-21-7-1-2-9-23(21)30-26-17(5-3-8-22(25)26)15-20-6-4-14-34-20/h1-2,4,6-7,9-15H,3,5,8,16H2,(H,29,31)/b17-15+. The van der Waals surface area contributed by atoms with E-state index in [2.05, 4.69) is 40.1 Å². The van der Waals surface area contributed by atoms with Crippen molar-refractivity contribution < 1.29 is 14.3 Å². The molecule has 0 radical (unpaired) electrons. The Labute approximate surface area is 215 Å². The van der Waals surface area contributed by atoms with Crippen LogP contribution in [0.4, 0.5) is 5.69 Å². The summed E-state index contributed by atoms with van der Waals surface area (Å²) in [6.07, 6.45) is 4.74. The van der Waals surface area contributed by atoms with Crippen LogP contribution in [0.15, 0.2) is 66.0 Å². The second-order valence-electron chi connectivity index (χ2n) is 8.00. The second kappa shape index (κ2) is 10.1. The average Bonchev–Trinajstić information content (AvgIpc) is 3.36. The number of allylic oxidation sites excluding steroid dienone is 1. The van der Waals surface area contributed by atoms with Gasteiger partial charge >= 0.3 is 5.97 Å². The van der Waals surface area contributed by atoms with E-state index in [9.17, 15) is 9.59 Å². The summed E-state index contributed by atoms with van der Waals surface area (Å²) in [5, 5.41) is 5.57. The number of thiophene rings is 1. The number of esters is 1. The zero-order chi connectivity index (χ0) is 23.5. The molecule has 2 heterocycles. The Morgan fingerprint density at radius 3 is 2.68 bits per heavy atom. The highest BCUT2D eigenvalue weighted by atomic mass is 127. The van der Waals surface area contributed by atoms with Gasteiger partial charge in [-0.25, -0.2) is 9.78 Å². The fourth-order valence-corrected chi connectivity index (χ4v) is 5.23. The molecule has 1 N–H and O–H groups in total. The number of benzene rings is 2. The van der Waals surface area contributed by atoms with Crippen molar-refractivity contribution in [2.45, 2.75) is 19.3 Å². The normalized spacial score (nSPS) is 14.1. The quantitative estimate of drug-likeness (QED) is 0.214. The minimum absolute atomic E-state index is 0.353. The SMILES string of the molecule is O=C(COC(=O)c1c2c(nc3ccccc13)/C(=C/c1cccs1)CCC2)Nc1ccc(I)cc1. The van der Waals surface area contributed by atoms with Crippen LogP contribution in [-0.4, -0.2) is 23.5 Å². The minimum Gasteiger partial charge on any atom is -0.452 e. The summed E-state index contributed by atoms with van der Waals surface area (Å²) >= 11 is 3.88. The van der Waals surface area contributed by atoms with Crippen molar-refractivity contribution >= 4 is 74.0 Å². The molecule has 0 aliphatic heterocycles. The predicted octanol–water partition coefficient (Wildman–Crippen LogP) is 6.57. The van der Waals surface area contributed by atoms with Gasteiger partial charge in [-0.15, -0.1) is 11.3 Å². The van der Waals surface area contributed by atoms with Crippen molar-refractivity contribution in [2.24, 2.45) is 0 Å². The lowest BCUT2D eigenvalue weighted by Crippen LogP contribution is -2.22. The first kappa shape index (κ1) is 22.7. The van der Waals surface area contributed by atoms with E-state index in [1.54, 1.807) is 11.3 Å². The van der Waals surface area contributed by atoms with Crippen molar-refractivity contribution in [3.8, 4) is 0 Å². The Balaban J connectivity index is 1.44. The van der Waals surface area contributed by atoms with Gasteiger partial charge in [0.25, 0.3) is 5.91 Å². The van der Waals surface area contributed by atoms with Gasteiger partial charge in [-0.2, -0.15) is 0 Å². The smallest absolute Gasteiger partial charge is 0.339 e. The van der Waals surface area contributed by atoms with Crippen LogP contribution in [-0.2, 0) is 16.0 Å². The number of halogens is 1. The Kier molecular flexibility index (Phi) is 6.73. The molecule has 2 aromatic heterocycles. The number of pyridine rings is 1. The van der Waals surface area contributed by atoms with Crippen LogP contribution in [0, 0.1) is 3.57 Å². The molecule has 7 heteroatoms. The number of nitrogens with zero attached hydrogens (tertiary/aromatic N) is 1. The molecule has 0 saturated carbocycles. The van der Waals surface area contributed by atoms with Crippen molar-refractivity contribution in [1.29, 1.82) is 0 Å².